The Morgan fingerprint density at radius 2 is 2.12 bits per heavy atom. The fourth-order valence-electron chi connectivity index (χ4n) is 2.51. The zero-order valence-electron chi connectivity index (χ0n) is 10.0. The Bertz CT molecular complexity index is 262. The van der Waals surface area contributed by atoms with Gasteiger partial charge in [-0.15, -0.1) is 30.1 Å². The fraction of sp³-hybridized carbons (Fsp3) is 0.714. The van der Waals surface area contributed by atoms with Gasteiger partial charge in [-0.05, 0) is 56.5 Å². The SMILES string of the molecule is C=CCCCC1=CC2(CCC1)SCCCS2. The molecule has 90 valence electrons. The van der Waals surface area contributed by atoms with Crippen LogP contribution >= 0.6 is 23.5 Å². The smallest absolute Gasteiger partial charge is 0.0794 e. The summed E-state index contributed by atoms with van der Waals surface area (Å²) < 4.78 is 0.472. The molecule has 2 heteroatoms. The van der Waals surface area contributed by atoms with Crippen molar-refractivity contribution in [1.82, 2.24) is 0 Å². The van der Waals surface area contributed by atoms with E-state index in [1.54, 1.807) is 5.57 Å². The lowest BCUT2D eigenvalue weighted by atomic mass is 9.95. The number of rotatable bonds is 4. The van der Waals surface area contributed by atoms with Crippen LogP contribution in [0.15, 0.2) is 24.3 Å². The minimum absolute atomic E-state index is 0.472. The first-order chi connectivity index (χ1) is 7.85. The third-order valence-electron chi connectivity index (χ3n) is 3.33. The van der Waals surface area contributed by atoms with Gasteiger partial charge in [0.25, 0.3) is 0 Å². The van der Waals surface area contributed by atoms with E-state index in [0.717, 1.165) is 0 Å². The minimum atomic E-state index is 0.472. The second kappa shape index (κ2) is 6.20. The van der Waals surface area contributed by atoms with Crippen LogP contribution in [-0.4, -0.2) is 15.6 Å². The number of allylic oxidation sites excluding steroid dienone is 2. The van der Waals surface area contributed by atoms with E-state index >= 15 is 0 Å². The normalized spacial score (nSPS) is 24.1. The molecule has 0 nitrogen and oxygen atoms in total. The van der Waals surface area contributed by atoms with Crippen molar-refractivity contribution >= 4 is 23.5 Å². The Morgan fingerprint density at radius 1 is 1.31 bits per heavy atom. The lowest BCUT2D eigenvalue weighted by molar-refractivity contribution is 0.648. The van der Waals surface area contributed by atoms with Crippen LogP contribution < -0.4 is 0 Å². The number of unbranched alkanes of at least 4 members (excludes halogenated alkanes) is 1. The maximum Gasteiger partial charge on any atom is 0.0794 e. The first kappa shape index (κ1) is 12.6. The highest BCUT2D eigenvalue weighted by atomic mass is 32.2. The predicted molar refractivity (Wildman–Crippen MR) is 78.2 cm³/mol. The molecule has 0 aromatic heterocycles. The van der Waals surface area contributed by atoms with E-state index in [1.807, 2.05) is 6.08 Å². The summed E-state index contributed by atoms with van der Waals surface area (Å²) in [5.41, 5.74) is 1.72. The number of hydrogen-bond donors (Lipinski definition) is 0. The molecular formula is C14H22S2. The summed E-state index contributed by atoms with van der Waals surface area (Å²) in [6, 6.07) is 0. The lowest BCUT2D eigenvalue weighted by Gasteiger charge is -2.37. The maximum atomic E-state index is 3.80. The molecule has 0 atom stereocenters. The molecule has 0 unspecified atom stereocenters. The van der Waals surface area contributed by atoms with Crippen molar-refractivity contribution in [1.29, 1.82) is 0 Å². The topological polar surface area (TPSA) is 0 Å². The number of thioether (sulfide) groups is 2. The van der Waals surface area contributed by atoms with Crippen LogP contribution in [0.25, 0.3) is 0 Å². The van der Waals surface area contributed by atoms with Crippen LogP contribution in [0.5, 0.6) is 0 Å². The fourth-order valence-corrected chi connectivity index (χ4v) is 5.87. The summed E-state index contributed by atoms with van der Waals surface area (Å²) >= 11 is 4.39. The minimum Gasteiger partial charge on any atom is -0.140 e. The van der Waals surface area contributed by atoms with Crippen molar-refractivity contribution in [2.45, 2.75) is 49.0 Å². The first-order valence-corrected chi connectivity index (χ1v) is 8.41. The van der Waals surface area contributed by atoms with Gasteiger partial charge in [-0.25, -0.2) is 0 Å². The van der Waals surface area contributed by atoms with E-state index in [1.165, 1.54) is 56.5 Å². The van der Waals surface area contributed by atoms with Crippen LogP contribution in [0.1, 0.15) is 44.9 Å². The molecule has 0 amide bonds. The van der Waals surface area contributed by atoms with Crippen molar-refractivity contribution in [2.24, 2.45) is 0 Å². The first-order valence-electron chi connectivity index (χ1n) is 6.44. The summed E-state index contributed by atoms with van der Waals surface area (Å²) in [6.45, 7) is 3.80. The quantitative estimate of drug-likeness (QED) is 0.510. The number of hydrogen-bond acceptors (Lipinski definition) is 2. The summed E-state index contributed by atoms with van der Waals surface area (Å²) in [7, 11) is 0. The van der Waals surface area contributed by atoms with E-state index in [4.69, 9.17) is 0 Å². The third-order valence-corrected chi connectivity index (χ3v) is 6.65. The third kappa shape index (κ3) is 3.33. The van der Waals surface area contributed by atoms with Crippen molar-refractivity contribution in [3.8, 4) is 0 Å². The van der Waals surface area contributed by atoms with Crippen LogP contribution in [0.2, 0.25) is 0 Å². The van der Waals surface area contributed by atoms with Crippen LogP contribution in [-0.2, 0) is 0 Å². The summed E-state index contributed by atoms with van der Waals surface area (Å²) in [6.07, 6.45) is 14.0. The van der Waals surface area contributed by atoms with Gasteiger partial charge in [0, 0.05) is 0 Å². The van der Waals surface area contributed by atoms with Gasteiger partial charge in [0.1, 0.15) is 0 Å². The molecule has 1 spiro atoms. The molecule has 1 aliphatic carbocycles. The second-order valence-corrected chi connectivity index (χ2v) is 7.81. The van der Waals surface area contributed by atoms with Crippen molar-refractivity contribution in [2.75, 3.05) is 11.5 Å². The van der Waals surface area contributed by atoms with E-state index < -0.39 is 0 Å². The van der Waals surface area contributed by atoms with Crippen molar-refractivity contribution in [3.05, 3.63) is 24.3 Å². The average molecular weight is 254 g/mol. The Kier molecular flexibility index (Phi) is 4.90. The highest BCUT2D eigenvalue weighted by molar-refractivity contribution is 8.19. The molecule has 0 radical (unpaired) electrons. The van der Waals surface area contributed by atoms with Gasteiger partial charge < -0.3 is 0 Å². The van der Waals surface area contributed by atoms with Gasteiger partial charge in [-0.2, -0.15) is 0 Å². The van der Waals surface area contributed by atoms with Crippen molar-refractivity contribution < 1.29 is 0 Å². The standard InChI is InChI=1S/C14H22S2/c1-2-3-4-7-13-8-5-9-14(12-13)15-10-6-11-16-14/h2,12H,1,3-11H2. The average Bonchev–Trinajstić information content (AvgIpc) is 2.31. The van der Waals surface area contributed by atoms with Gasteiger partial charge in [0.05, 0.1) is 4.08 Å². The van der Waals surface area contributed by atoms with Gasteiger partial charge in [0.2, 0.25) is 0 Å². The molecule has 0 aromatic carbocycles. The maximum absolute atomic E-state index is 3.80. The van der Waals surface area contributed by atoms with Gasteiger partial charge in [-0.1, -0.05) is 17.7 Å². The monoisotopic (exact) mass is 254 g/mol. The molecular weight excluding hydrogens is 232 g/mol. The Morgan fingerprint density at radius 3 is 2.88 bits per heavy atom. The zero-order chi connectivity index (χ0) is 11.3. The highest BCUT2D eigenvalue weighted by Gasteiger charge is 2.33. The molecule has 2 rings (SSSR count). The summed E-state index contributed by atoms with van der Waals surface area (Å²) in [4.78, 5) is 0. The largest absolute Gasteiger partial charge is 0.140 e. The van der Waals surface area contributed by atoms with Gasteiger partial charge >= 0.3 is 0 Å². The Labute approximate surface area is 108 Å². The molecule has 1 saturated heterocycles. The highest BCUT2D eigenvalue weighted by Crippen LogP contribution is 2.50. The van der Waals surface area contributed by atoms with E-state index in [0.29, 0.717) is 4.08 Å². The predicted octanol–water partition coefficient (Wildman–Crippen LogP) is 5.02. The summed E-state index contributed by atoms with van der Waals surface area (Å²) in [5, 5.41) is 0. The van der Waals surface area contributed by atoms with Crippen molar-refractivity contribution in [3.63, 3.8) is 0 Å². The van der Waals surface area contributed by atoms with E-state index in [2.05, 4.69) is 36.2 Å². The summed E-state index contributed by atoms with van der Waals surface area (Å²) in [5.74, 6) is 2.73. The zero-order valence-corrected chi connectivity index (χ0v) is 11.7. The van der Waals surface area contributed by atoms with Gasteiger partial charge in [0.15, 0.2) is 0 Å². The molecule has 1 aliphatic heterocycles. The lowest BCUT2D eigenvalue weighted by Crippen LogP contribution is -2.25. The Hall–Kier alpha value is 0.180. The van der Waals surface area contributed by atoms with Crippen LogP contribution in [0.4, 0.5) is 0 Å². The second-order valence-electron chi connectivity index (χ2n) is 4.70. The molecule has 0 aromatic rings. The Balaban J connectivity index is 1.93. The van der Waals surface area contributed by atoms with Crippen LogP contribution in [0, 0.1) is 0 Å². The molecule has 1 heterocycles. The molecule has 0 bridgehead atoms. The molecule has 1 fully saturated rings. The van der Waals surface area contributed by atoms with E-state index in [-0.39, 0.29) is 0 Å². The van der Waals surface area contributed by atoms with Crippen LogP contribution in [0.3, 0.4) is 0 Å². The van der Waals surface area contributed by atoms with Gasteiger partial charge in [-0.3, -0.25) is 0 Å². The molecule has 16 heavy (non-hydrogen) atoms. The molecule has 0 saturated carbocycles. The molecule has 0 N–H and O–H groups in total. The molecule has 2 aliphatic rings. The van der Waals surface area contributed by atoms with E-state index in [9.17, 15) is 0 Å².